The molecular weight excluding hydrogens is 168 g/mol. The zero-order chi connectivity index (χ0) is 9.35. The van der Waals surface area contributed by atoms with Crippen molar-refractivity contribution in [3.05, 3.63) is 0 Å². The van der Waals surface area contributed by atoms with Crippen LogP contribution in [-0.4, -0.2) is 51.0 Å². The van der Waals surface area contributed by atoms with Crippen molar-refractivity contribution in [3.8, 4) is 0 Å². The van der Waals surface area contributed by atoms with Crippen LogP contribution in [0.2, 0.25) is 0 Å². The molecule has 3 atom stereocenters. The van der Waals surface area contributed by atoms with E-state index in [1.165, 1.54) is 0 Å². The topological polar surface area (TPSA) is 107 Å². The van der Waals surface area contributed by atoms with Gasteiger partial charge in [0.1, 0.15) is 6.10 Å². The molecule has 1 saturated heterocycles. The Labute approximate surface area is 68.0 Å². The van der Waals surface area contributed by atoms with Crippen LogP contribution in [0.25, 0.3) is 0 Å². The summed E-state index contributed by atoms with van der Waals surface area (Å²) in [5.41, 5.74) is 0. The highest BCUT2D eigenvalue weighted by Crippen LogP contribution is 2.22. The zero-order valence-electron chi connectivity index (χ0n) is 6.17. The number of hydrogen-bond acceptors (Lipinski definition) is 5. The lowest BCUT2D eigenvalue weighted by atomic mass is 10.0. The number of carbonyl (C=O) groups is 1. The number of carboxylic acids is 1. The first kappa shape index (κ1) is 9.40. The van der Waals surface area contributed by atoms with Gasteiger partial charge in [0.15, 0.2) is 0 Å². The van der Waals surface area contributed by atoms with Gasteiger partial charge in [0, 0.05) is 6.42 Å². The van der Waals surface area contributed by atoms with Crippen molar-refractivity contribution in [1.29, 1.82) is 0 Å². The van der Waals surface area contributed by atoms with E-state index in [4.69, 9.17) is 20.4 Å². The van der Waals surface area contributed by atoms with Crippen molar-refractivity contribution < 1.29 is 30.0 Å². The van der Waals surface area contributed by atoms with E-state index in [-0.39, 0.29) is 6.61 Å². The van der Waals surface area contributed by atoms with Gasteiger partial charge in [-0.3, -0.25) is 0 Å². The fourth-order valence-corrected chi connectivity index (χ4v) is 0.962. The third kappa shape index (κ3) is 1.56. The van der Waals surface area contributed by atoms with Crippen molar-refractivity contribution in [3.63, 3.8) is 0 Å². The van der Waals surface area contributed by atoms with E-state index in [2.05, 4.69) is 4.74 Å². The van der Waals surface area contributed by atoms with Crippen LogP contribution < -0.4 is 0 Å². The third-order valence-corrected chi connectivity index (χ3v) is 1.76. The van der Waals surface area contributed by atoms with E-state index in [9.17, 15) is 4.79 Å². The maximum atomic E-state index is 10.4. The highest BCUT2D eigenvalue weighted by atomic mass is 16.7. The van der Waals surface area contributed by atoms with Crippen LogP contribution in [0, 0.1) is 0 Å². The summed E-state index contributed by atoms with van der Waals surface area (Å²) in [5.74, 6) is -3.92. The SMILES string of the molecule is O=C(O)C1(O)C[C@@H](O)[C@@H](O)CO1. The molecule has 0 aromatic rings. The molecule has 0 radical (unpaired) electrons. The fraction of sp³-hybridized carbons (Fsp3) is 0.833. The lowest BCUT2D eigenvalue weighted by Crippen LogP contribution is -2.53. The van der Waals surface area contributed by atoms with Gasteiger partial charge >= 0.3 is 5.97 Å². The van der Waals surface area contributed by atoms with E-state index in [1.54, 1.807) is 0 Å². The normalized spacial score (nSPS) is 42.6. The van der Waals surface area contributed by atoms with Crippen molar-refractivity contribution in [2.75, 3.05) is 6.61 Å². The summed E-state index contributed by atoms with van der Waals surface area (Å²) in [6, 6.07) is 0. The number of aliphatic hydroxyl groups is 3. The Bertz CT molecular complexity index is 192. The van der Waals surface area contributed by atoms with Gasteiger partial charge in [-0.25, -0.2) is 4.79 Å². The van der Waals surface area contributed by atoms with Crippen LogP contribution in [0.4, 0.5) is 0 Å². The fourth-order valence-electron chi connectivity index (χ4n) is 0.962. The van der Waals surface area contributed by atoms with E-state index < -0.39 is 30.4 Å². The minimum atomic E-state index is -2.36. The molecule has 4 N–H and O–H groups in total. The molecule has 0 aliphatic carbocycles. The van der Waals surface area contributed by atoms with Crippen molar-refractivity contribution >= 4 is 5.97 Å². The molecule has 1 heterocycles. The van der Waals surface area contributed by atoms with Gasteiger partial charge in [-0.15, -0.1) is 0 Å². The van der Waals surface area contributed by atoms with Crippen LogP contribution in [0.3, 0.4) is 0 Å². The lowest BCUT2D eigenvalue weighted by molar-refractivity contribution is -0.267. The first-order chi connectivity index (χ1) is 5.46. The second-order valence-electron chi connectivity index (χ2n) is 2.74. The summed E-state index contributed by atoms with van der Waals surface area (Å²) in [6.07, 6.45) is -2.92. The first-order valence-corrected chi connectivity index (χ1v) is 3.41. The van der Waals surface area contributed by atoms with Gasteiger partial charge in [0.25, 0.3) is 5.79 Å². The van der Waals surface area contributed by atoms with Crippen LogP contribution in [0.5, 0.6) is 0 Å². The van der Waals surface area contributed by atoms with Gasteiger partial charge in [-0.05, 0) is 0 Å². The Balaban J connectivity index is 2.66. The second-order valence-corrected chi connectivity index (χ2v) is 2.74. The molecule has 0 amide bonds. The van der Waals surface area contributed by atoms with Crippen molar-refractivity contribution in [1.82, 2.24) is 0 Å². The molecule has 1 fully saturated rings. The number of rotatable bonds is 1. The summed E-state index contributed by atoms with van der Waals surface area (Å²) in [4.78, 5) is 10.4. The standard InChI is InChI=1S/C6H10O6/c7-3-1-6(11,5(9)10)12-2-4(3)8/h3-4,7-8,11H,1-2H2,(H,9,10)/t3-,4+,6?/m1/s1. The van der Waals surface area contributed by atoms with Crippen molar-refractivity contribution in [2.24, 2.45) is 0 Å². The van der Waals surface area contributed by atoms with Crippen LogP contribution in [0.15, 0.2) is 0 Å². The average molecular weight is 178 g/mol. The quantitative estimate of drug-likeness (QED) is 0.366. The number of hydrogen-bond donors (Lipinski definition) is 4. The molecule has 0 saturated carbocycles. The van der Waals surface area contributed by atoms with Crippen LogP contribution in [0.1, 0.15) is 6.42 Å². The van der Waals surface area contributed by atoms with Crippen molar-refractivity contribution in [2.45, 2.75) is 24.4 Å². The van der Waals surface area contributed by atoms with Gasteiger partial charge in [-0.2, -0.15) is 0 Å². The largest absolute Gasteiger partial charge is 0.477 e. The maximum absolute atomic E-state index is 10.4. The molecule has 0 bridgehead atoms. The zero-order valence-corrected chi connectivity index (χ0v) is 6.17. The average Bonchev–Trinajstić information content (AvgIpc) is 1.97. The Kier molecular flexibility index (Phi) is 2.34. The monoisotopic (exact) mass is 178 g/mol. The van der Waals surface area contributed by atoms with Gasteiger partial charge in [0.05, 0.1) is 12.7 Å². The molecule has 6 heteroatoms. The first-order valence-electron chi connectivity index (χ1n) is 3.41. The molecule has 0 spiro atoms. The molecule has 6 nitrogen and oxygen atoms in total. The summed E-state index contributed by atoms with van der Waals surface area (Å²) >= 11 is 0. The molecule has 70 valence electrons. The van der Waals surface area contributed by atoms with Gasteiger partial charge in [0.2, 0.25) is 0 Å². The summed E-state index contributed by atoms with van der Waals surface area (Å²) in [5, 5.41) is 35.5. The molecular formula is C6H10O6. The highest BCUT2D eigenvalue weighted by Gasteiger charge is 2.45. The number of aliphatic hydroxyl groups excluding tert-OH is 2. The van der Waals surface area contributed by atoms with Gasteiger partial charge in [-0.1, -0.05) is 0 Å². The molecule has 1 aliphatic rings. The van der Waals surface area contributed by atoms with Crippen LogP contribution >= 0.6 is 0 Å². The van der Waals surface area contributed by atoms with E-state index in [0.717, 1.165) is 0 Å². The third-order valence-electron chi connectivity index (χ3n) is 1.76. The van der Waals surface area contributed by atoms with E-state index in [0.29, 0.717) is 0 Å². The summed E-state index contributed by atoms with van der Waals surface area (Å²) in [6.45, 7) is -0.385. The summed E-state index contributed by atoms with van der Waals surface area (Å²) in [7, 11) is 0. The minimum absolute atomic E-state index is 0.385. The Morgan fingerprint density at radius 1 is 1.42 bits per heavy atom. The smallest absolute Gasteiger partial charge is 0.364 e. The molecule has 0 aromatic carbocycles. The predicted molar refractivity (Wildman–Crippen MR) is 35.2 cm³/mol. The Morgan fingerprint density at radius 2 is 2.00 bits per heavy atom. The molecule has 0 aromatic heterocycles. The molecule has 12 heavy (non-hydrogen) atoms. The van der Waals surface area contributed by atoms with Crippen LogP contribution in [-0.2, 0) is 9.53 Å². The molecule has 1 unspecified atom stereocenters. The summed E-state index contributed by atoms with van der Waals surface area (Å²) < 4.78 is 4.46. The Morgan fingerprint density at radius 3 is 2.42 bits per heavy atom. The number of carboxylic acid groups (broad SMARTS) is 1. The minimum Gasteiger partial charge on any atom is -0.477 e. The van der Waals surface area contributed by atoms with E-state index in [1.807, 2.05) is 0 Å². The Hall–Kier alpha value is -0.690. The number of aliphatic carboxylic acids is 1. The molecule has 1 aliphatic heterocycles. The number of ether oxygens (including phenoxy) is 1. The van der Waals surface area contributed by atoms with Gasteiger partial charge < -0.3 is 25.2 Å². The second kappa shape index (κ2) is 2.98. The lowest BCUT2D eigenvalue weighted by Gasteiger charge is -2.33. The highest BCUT2D eigenvalue weighted by molar-refractivity contribution is 5.75. The van der Waals surface area contributed by atoms with E-state index >= 15 is 0 Å². The predicted octanol–water partition coefficient (Wildman–Crippen LogP) is -2.10. The molecule has 1 rings (SSSR count). The maximum Gasteiger partial charge on any atom is 0.364 e.